The summed E-state index contributed by atoms with van der Waals surface area (Å²) >= 11 is 0. The third kappa shape index (κ3) is 5.85. The first-order valence-corrected chi connectivity index (χ1v) is 13.6. The molecule has 2 amide bonds. The van der Waals surface area contributed by atoms with Crippen LogP contribution in [0.5, 0.6) is 0 Å². The molecule has 0 aromatic heterocycles. The van der Waals surface area contributed by atoms with Gasteiger partial charge in [-0.25, -0.2) is 8.42 Å². The number of piperazine rings is 1. The molecule has 35 heavy (non-hydrogen) atoms. The minimum Gasteiger partial charge on any atom is -0.340 e. The number of likely N-dealkylation sites (tertiary alicyclic amines) is 1. The topological polar surface area (TPSA) is 90.0 Å². The molecule has 2 aromatic carbocycles. The highest BCUT2D eigenvalue weighted by Gasteiger charge is 2.32. The van der Waals surface area contributed by atoms with Gasteiger partial charge in [-0.1, -0.05) is 18.2 Å². The van der Waals surface area contributed by atoms with E-state index in [0.717, 1.165) is 37.3 Å². The molecule has 2 aliphatic rings. The van der Waals surface area contributed by atoms with Crippen molar-refractivity contribution >= 4 is 27.5 Å². The number of benzene rings is 2. The average Bonchev–Trinajstić information content (AvgIpc) is 2.83. The number of sulfonamides is 1. The van der Waals surface area contributed by atoms with E-state index in [1.165, 1.54) is 12.1 Å². The van der Waals surface area contributed by atoms with Crippen LogP contribution in [0.25, 0.3) is 0 Å². The fourth-order valence-corrected chi connectivity index (χ4v) is 5.78. The highest BCUT2D eigenvalue weighted by molar-refractivity contribution is 7.92. The van der Waals surface area contributed by atoms with Crippen LogP contribution in [0.3, 0.4) is 0 Å². The summed E-state index contributed by atoms with van der Waals surface area (Å²) in [7, 11) is -1.78. The molecule has 188 valence electrons. The van der Waals surface area contributed by atoms with Gasteiger partial charge in [0.2, 0.25) is 5.91 Å². The standard InChI is InChI=1S/C26H34N4O4S/c1-19-5-4-6-22(17-19)27-35(33,34)23-8-7-20(2)24(18-23)26(32)29-11-9-21(10-12-29)25(31)30-15-13-28(3)14-16-30/h4-8,17-18,21,27H,9-16H2,1-3H3. The summed E-state index contributed by atoms with van der Waals surface area (Å²) in [5.41, 5.74) is 2.52. The molecule has 0 spiro atoms. The van der Waals surface area contributed by atoms with Crippen LogP contribution < -0.4 is 4.72 Å². The van der Waals surface area contributed by atoms with Crippen LogP contribution in [0.15, 0.2) is 47.4 Å². The number of anilines is 1. The predicted molar refractivity (Wildman–Crippen MR) is 136 cm³/mol. The van der Waals surface area contributed by atoms with Gasteiger partial charge in [-0.05, 0) is 69.1 Å². The van der Waals surface area contributed by atoms with E-state index in [2.05, 4.69) is 16.7 Å². The Morgan fingerprint density at radius 3 is 2.23 bits per heavy atom. The summed E-state index contributed by atoms with van der Waals surface area (Å²) < 4.78 is 28.6. The van der Waals surface area contributed by atoms with E-state index >= 15 is 0 Å². The van der Waals surface area contributed by atoms with Gasteiger partial charge in [0.05, 0.1) is 4.90 Å². The highest BCUT2D eigenvalue weighted by Crippen LogP contribution is 2.25. The number of nitrogens with one attached hydrogen (secondary N) is 1. The second-order valence-electron chi connectivity index (χ2n) is 9.65. The Morgan fingerprint density at radius 2 is 1.57 bits per heavy atom. The average molecular weight is 499 g/mol. The van der Waals surface area contributed by atoms with Crippen molar-refractivity contribution in [3.63, 3.8) is 0 Å². The number of hydrogen-bond acceptors (Lipinski definition) is 5. The maximum atomic E-state index is 13.3. The third-order valence-electron chi connectivity index (χ3n) is 6.97. The van der Waals surface area contributed by atoms with Crippen molar-refractivity contribution in [2.75, 3.05) is 51.0 Å². The molecular formula is C26H34N4O4S. The fraction of sp³-hybridized carbons (Fsp3) is 0.462. The molecule has 0 atom stereocenters. The number of carbonyl (C=O) groups is 2. The quantitative estimate of drug-likeness (QED) is 0.685. The third-order valence-corrected chi connectivity index (χ3v) is 8.35. The minimum absolute atomic E-state index is 0.0492. The molecule has 0 unspecified atom stereocenters. The Hall–Kier alpha value is -2.91. The molecule has 0 aliphatic carbocycles. The van der Waals surface area contributed by atoms with Crippen LogP contribution in [-0.2, 0) is 14.8 Å². The Labute approximate surface area is 207 Å². The minimum atomic E-state index is -3.84. The van der Waals surface area contributed by atoms with E-state index in [1.807, 2.05) is 17.9 Å². The van der Waals surface area contributed by atoms with Gasteiger partial charge < -0.3 is 14.7 Å². The van der Waals surface area contributed by atoms with E-state index < -0.39 is 10.0 Å². The Kier molecular flexibility index (Phi) is 7.47. The number of likely N-dealkylation sites (N-methyl/N-ethyl adjacent to an activating group) is 1. The summed E-state index contributed by atoms with van der Waals surface area (Å²) in [6, 6.07) is 11.8. The van der Waals surface area contributed by atoms with Crippen LogP contribution in [0.2, 0.25) is 0 Å². The number of aryl methyl sites for hydroxylation is 2. The number of rotatable bonds is 5. The second-order valence-corrected chi connectivity index (χ2v) is 11.3. The van der Waals surface area contributed by atoms with Crippen LogP contribution in [-0.4, -0.2) is 81.2 Å². The number of nitrogens with zero attached hydrogens (tertiary/aromatic N) is 3. The molecule has 2 saturated heterocycles. The van der Waals surface area contributed by atoms with E-state index in [9.17, 15) is 18.0 Å². The molecule has 0 saturated carbocycles. The molecule has 2 aliphatic heterocycles. The summed E-state index contributed by atoms with van der Waals surface area (Å²) in [6.07, 6.45) is 1.26. The van der Waals surface area contributed by atoms with Crippen molar-refractivity contribution in [1.29, 1.82) is 0 Å². The zero-order chi connectivity index (χ0) is 25.2. The number of piperidine rings is 1. The molecular weight excluding hydrogens is 464 g/mol. The summed E-state index contributed by atoms with van der Waals surface area (Å²) in [5.74, 6) is -0.0638. The van der Waals surface area contributed by atoms with Crippen molar-refractivity contribution < 1.29 is 18.0 Å². The smallest absolute Gasteiger partial charge is 0.261 e. The molecule has 0 bridgehead atoms. The summed E-state index contributed by atoms with van der Waals surface area (Å²) in [6.45, 7) is 7.96. The lowest BCUT2D eigenvalue weighted by atomic mass is 9.94. The molecule has 1 N–H and O–H groups in total. The molecule has 9 heteroatoms. The maximum absolute atomic E-state index is 13.3. The highest BCUT2D eigenvalue weighted by atomic mass is 32.2. The monoisotopic (exact) mass is 498 g/mol. The van der Waals surface area contributed by atoms with Crippen molar-refractivity contribution in [2.24, 2.45) is 5.92 Å². The van der Waals surface area contributed by atoms with Crippen LogP contribution in [0.1, 0.15) is 34.3 Å². The molecule has 4 rings (SSSR count). The van der Waals surface area contributed by atoms with Gasteiger partial charge in [-0.2, -0.15) is 0 Å². The van der Waals surface area contributed by atoms with E-state index in [-0.39, 0.29) is 22.6 Å². The molecule has 2 fully saturated rings. The zero-order valence-corrected chi connectivity index (χ0v) is 21.5. The lowest BCUT2D eigenvalue weighted by Crippen LogP contribution is -2.51. The number of carbonyl (C=O) groups excluding carboxylic acids is 2. The number of amides is 2. The van der Waals surface area contributed by atoms with Gasteiger partial charge in [0.25, 0.3) is 15.9 Å². The van der Waals surface area contributed by atoms with Crippen LogP contribution in [0, 0.1) is 19.8 Å². The van der Waals surface area contributed by atoms with E-state index in [0.29, 0.717) is 37.2 Å². The molecule has 2 aromatic rings. The lowest BCUT2D eigenvalue weighted by Gasteiger charge is -2.37. The van der Waals surface area contributed by atoms with Gasteiger partial charge in [-0.3, -0.25) is 14.3 Å². The first kappa shape index (κ1) is 25.2. The Bertz CT molecular complexity index is 1200. The zero-order valence-electron chi connectivity index (χ0n) is 20.7. The van der Waals surface area contributed by atoms with Gasteiger partial charge in [-0.15, -0.1) is 0 Å². The second kappa shape index (κ2) is 10.4. The lowest BCUT2D eigenvalue weighted by molar-refractivity contribution is -0.138. The first-order chi connectivity index (χ1) is 16.6. The first-order valence-electron chi connectivity index (χ1n) is 12.1. The molecule has 0 radical (unpaired) electrons. The van der Waals surface area contributed by atoms with Crippen LogP contribution >= 0.6 is 0 Å². The van der Waals surface area contributed by atoms with Gasteiger partial charge in [0.1, 0.15) is 0 Å². The summed E-state index contributed by atoms with van der Waals surface area (Å²) in [4.78, 5) is 32.2. The van der Waals surface area contributed by atoms with Crippen molar-refractivity contribution in [1.82, 2.24) is 14.7 Å². The maximum Gasteiger partial charge on any atom is 0.261 e. The SMILES string of the molecule is Cc1cccc(NS(=O)(=O)c2ccc(C)c(C(=O)N3CCC(C(=O)N4CCN(C)CC4)CC3)c2)c1. The van der Waals surface area contributed by atoms with E-state index in [4.69, 9.17) is 0 Å². The largest absolute Gasteiger partial charge is 0.340 e. The van der Waals surface area contributed by atoms with Gasteiger partial charge in [0.15, 0.2) is 0 Å². The Morgan fingerprint density at radius 1 is 0.886 bits per heavy atom. The van der Waals surface area contributed by atoms with Crippen molar-refractivity contribution in [3.05, 3.63) is 59.2 Å². The van der Waals surface area contributed by atoms with Crippen molar-refractivity contribution in [3.8, 4) is 0 Å². The molecule has 2 heterocycles. The van der Waals surface area contributed by atoms with Crippen molar-refractivity contribution in [2.45, 2.75) is 31.6 Å². The fourth-order valence-electron chi connectivity index (χ4n) is 4.71. The summed E-state index contributed by atoms with van der Waals surface area (Å²) in [5, 5.41) is 0. The van der Waals surface area contributed by atoms with Gasteiger partial charge >= 0.3 is 0 Å². The number of hydrogen-bond donors (Lipinski definition) is 1. The van der Waals surface area contributed by atoms with E-state index in [1.54, 1.807) is 36.1 Å². The molecule has 8 nitrogen and oxygen atoms in total. The van der Waals surface area contributed by atoms with Crippen LogP contribution in [0.4, 0.5) is 5.69 Å². The predicted octanol–water partition coefficient (Wildman–Crippen LogP) is 2.73. The normalized spacial score (nSPS) is 17.9. The van der Waals surface area contributed by atoms with Gasteiger partial charge in [0, 0.05) is 56.4 Å². The Balaban J connectivity index is 1.42.